The van der Waals surface area contributed by atoms with E-state index in [1.807, 2.05) is 18.2 Å². The summed E-state index contributed by atoms with van der Waals surface area (Å²) in [7, 11) is 1.71. The summed E-state index contributed by atoms with van der Waals surface area (Å²) >= 11 is 9.60. The van der Waals surface area contributed by atoms with Crippen LogP contribution in [-0.2, 0) is 24.4 Å². The van der Waals surface area contributed by atoms with Crippen LogP contribution in [0.5, 0.6) is 0 Å². The fourth-order valence-electron chi connectivity index (χ4n) is 2.00. The van der Waals surface area contributed by atoms with E-state index < -0.39 is 0 Å². The van der Waals surface area contributed by atoms with Crippen LogP contribution in [-0.4, -0.2) is 7.11 Å². The van der Waals surface area contributed by atoms with Gasteiger partial charge in [-0.3, -0.25) is 0 Å². The van der Waals surface area contributed by atoms with Crippen LogP contribution in [0.25, 0.3) is 0 Å². The average Bonchev–Trinajstić information content (AvgIpc) is 2.42. The predicted molar refractivity (Wildman–Crippen MR) is 86.9 cm³/mol. The summed E-state index contributed by atoms with van der Waals surface area (Å²) in [6.07, 6.45) is 0. The van der Waals surface area contributed by atoms with E-state index in [9.17, 15) is 0 Å². The van der Waals surface area contributed by atoms with Crippen LogP contribution in [0.3, 0.4) is 0 Å². The van der Waals surface area contributed by atoms with Crippen LogP contribution in [0.2, 0.25) is 5.02 Å². The minimum absolute atomic E-state index is 0.645. The van der Waals surface area contributed by atoms with Gasteiger partial charge in [-0.1, -0.05) is 57.9 Å². The fourth-order valence-corrected chi connectivity index (χ4v) is 2.74. The Balaban J connectivity index is 1.90. The lowest BCUT2D eigenvalue weighted by Crippen LogP contribution is -2.13. The van der Waals surface area contributed by atoms with Crippen LogP contribution >= 0.6 is 27.5 Å². The molecule has 0 atom stereocenters. The minimum Gasteiger partial charge on any atom is -0.380 e. The van der Waals surface area contributed by atoms with Crippen molar-refractivity contribution in [1.82, 2.24) is 5.32 Å². The molecule has 0 aliphatic heterocycles. The number of nitrogens with one attached hydrogen (secondary N) is 1. The molecule has 0 aromatic heterocycles. The van der Waals surface area contributed by atoms with Crippen molar-refractivity contribution in [1.29, 1.82) is 0 Å². The van der Waals surface area contributed by atoms with Gasteiger partial charge < -0.3 is 10.1 Å². The van der Waals surface area contributed by atoms with Crippen molar-refractivity contribution in [2.45, 2.75) is 19.7 Å². The SMILES string of the molecule is COCc1cccc(CNCc2ccc(Br)cc2Cl)c1. The number of halogens is 2. The highest BCUT2D eigenvalue weighted by atomic mass is 79.9. The monoisotopic (exact) mass is 353 g/mol. The van der Waals surface area contributed by atoms with Gasteiger partial charge in [-0.15, -0.1) is 0 Å². The van der Waals surface area contributed by atoms with Gasteiger partial charge in [-0.2, -0.15) is 0 Å². The summed E-state index contributed by atoms with van der Waals surface area (Å²) < 4.78 is 6.14. The second-order valence-electron chi connectivity index (χ2n) is 4.59. The van der Waals surface area contributed by atoms with Crippen molar-refractivity contribution >= 4 is 27.5 Å². The van der Waals surface area contributed by atoms with Crippen LogP contribution in [0.15, 0.2) is 46.9 Å². The highest BCUT2D eigenvalue weighted by Gasteiger charge is 2.01. The van der Waals surface area contributed by atoms with Crippen molar-refractivity contribution < 1.29 is 4.74 Å². The quantitative estimate of drug-likeness (QED) is 0.822. The molecule has 20 heavy (non-hydrogen) atoms. The largest absolute Gasteiger partial charge is 0.380 e. The lowest BCUT2D eigenvalue weighted by Gasteiger charge is -2.08. The van der Waals surface area contributed by atoms with Crippen molar-refractivity contribution in [2.24, 2.45) is 0 Å². The summed E-state index contributed by atoms with van der Waals surface area (Å²) in [5, 5.41) is 4.18. The molecule has 0 amide bonds. The number of ether oxygens (including phenoxy) is 1. The van der Waals surface area contributed by atoms with E-state index in [1.54, 1.807) is 7.11 Å². The molecule has 4 heteroatoms. The normalized spacial score (nSPS) is 10.8. The Hall–Kier alpha value is -0.870. The van der Waals surface area contributed by atoms with E-state index in [0.29, 0.717) is 6.61 Å². The van der Waals surface area contributed by atoms with Gasteiger partial charge >= 0.3 is 0 Å². The number of benzene rings is 2. The predicted octanol–water partition coefficient (Wildman–Crippen LogP) is 4.54. The standard InChI is InChI=1S/C16H17BrClNO/c1-20-11-13-4-2-3-12(7-13)9-19-10-14-5-6-15(17)8-16(14)18/h2-8,19H,9-11H2,1H3. The first-order chi connectivity index (χ1) is 9.69. The molecule has 0 saturated heterocycles. The Labute approximate surface area is 133 Å². The summed E-state index contributed by atoms with van der Waals surface area (Å²) in [4.78, 5) is 0. The maximum atomic E-state index is 6.19. The van der Waals surface area contributed by atoms with E-state index in [-0.39, 0.29) is 0 Å². The molecule has 2 aromatic rings. The summed E-state index contributed by atoms with van der Waals surface area (Å²) in [6, 6.07) is 14.3. The van der Waals surface area contributed by atoms with Gasteiger partial charge in [0.25, 0.3) is 0 Å². The lowest BCUT2D eigenvalue weighted by atomic mass is 10.1. The first-order valence-electron chi connectivity index (χ1n) is 6.40. The van der Waals surface area contributed by atoms with Crippen molar-refractivity contribution in [2.75, 3.05) is 7.11 Å². The smallest absolute Gasteiger partial charge is 0.0713 e. The molecule has 0 unspecified atom stereocenters. The van der Waals surface area contributed by atoms with Gasteiger partial charge in [0, 0.05) is 29.7 Å². The third-order valence-electron chi connectivity index (χ3n) is 2.96. The molecular weight excluding hydrogens is 338 g/mol. The molecule has 2 rings (SSSR count). The molecule has 0 aliphatic rings. The Bertz CT molecular complexity index is 574. The zero-order valence-electron chi connectivity index (χ0n) is 11.3. The number of methoxy groups -OCH3 is 1. The van der Waals surface area contributed by atoms with Gasteiger partial charge in [0.15, 0.2) is 0 Å². The van der Waals surface area contributed by atoms with Crippen molar-refractivity contribution in [3.63, 3.8) is 0 Å². The molecular formula is C16H17BrClNO. The molecule has 0 heterocycles. The number of hydrogen-bond acceptors (Lipinski definition) is 2. The third kappa shape index (κ3) is 4.60. The van der Waals surface area contributed by atoms with Gasteiger partial charge in [-0.25, -0.2) is 0 Å². The number of rotatable bonds is 6. The van der Waals surface area contributed by atoms with E-state index in [2.05, 4.69) is 45.5 Å². The molecule has 0 bridgehead atoms. The van der Waals surface area contributed by atoms with E-state index in [1.165, 1.54) is 11.1 Å². The maximum Gasteiger partial charge on any atom is 0.0713 e. The van der Waals surface area contributed by atoms with Crippen molar-refractivity contribution in [3.05, 3.63) is 68.7 Å². The Morgan fingerprint density at radius 1 is 1.10 bits per heavy atom. The molecule has 0 aliphatic carbocycles. The zero-order valence-corrected chi connectivity index (χ0v) is 13.7. The summed E-state index contributed by atoms with van der Waals surface area (Å²) in [5.41, 5.74) is 3.53. The van der Waals surface area contributed by atoms with Crippen LogP contribution in [0, 0.1) is 0 Å². The fraction of sp³-hybridized carbons (Fsp3) is 0.250. The molecule has 0 saturated carbocycles. The summed E-state index contributed by atoms with van der Waals surface area (Å²) in [5.74, 6) is 0. The van der Waals surface area contributed by atoms with E-state index >= 15 is 0 Å². The topological polar surface area (TPSA) is 21.3 Å². The maximum absolute atomic E-state index is 6.19. The van der Waals surface area contributed by atoms with Gasteiger partial charge in [0.05, 0.1) is 6.61 Å². The molecule has 1 N–H and O–H groups in total. The Morgan fingerprint density at radius 2 is 1.90 bits per heavy atom. The van der Waals surface area contributed by atoms with Crippen LogP contribution < -0.4 is 5.32 Å². The van der Waals surface area contributed by atoms with E-state index in [4.69, 9.17) is 16.3 Å². The Kier molecular flexibility index (Phi) is 6.05. The van der Waals surface area contributed by atoms with Gasteiger partial charge in [-0.05, 0) is 28.8 Å². The van der Waals surface area contributed by atoms with Gasteiger partial charge in [0.2, 0.25) is 0 Å². The molecule has 106 valence electrons. The van der Waals surface area contributed by atoms with Crippen molar-refractivity contribution in [3.8, 4) is 0 Å². The third-order valence-corrected chi connectivity index (χ3v) is 3.81. The van der Waals surface area contributed by atoms with Gasteiger partial charge in [0.1, 0.15) is 0 Å². The first kappa shape index (κ1) is 15.5. The molecule has 0 fully saturated rings. The van der Waals surface area contributed by atoms with Crippen LogP contribution in [0.1, 0.15) is 16.7 Å². The van der Waals surface area contributed by atoms with Crippen LogP contribution in [0.4, 0.5) is 0 Å². The average molecular weight is 355 g/mol. The molecule has 2 nitrogen and oxygen atoms in total. The Morgan fingerprint density at radius 3 is 2.65 bits per heavy atom. The first-order valence-corrected chi connectivity index (χ1v) is 7.57. The zero-order chi connectivity index (χ0) is 14.4. The minimum atomic E-state index is 0.645. The molecule has 0 spiro atoms. The molecule has 2 aromatic carbocycles. The highest BCUT2D eigenvalue weighted by Crippen LogP contribution is 2.21. The highest BCUT2D eigenvalue weighted by molar-refractivity contribution is 9.10. The second kappa shape index (κ2) is 7.79. The van der Waals surface area contributed by atoms with E-state index in [0.717, 1.165) is 28.1 Å². The summed E-state index contributed by atoms with van der Waals surface area (Å²) in [6.45, 7) is 2.21. The lowest BCUT2D eigenvalue weighted by molar-refractivity contribution is 0.185. The second-order valence-corrected chi connectivity index (χ2v) is 5.92. The molecule has 0 radical (unpaired) electrons. The number of hydrogen-bond donors (Lipinski definition) is 1.